The molecule has 0 saturated heterocycles. The number of hydrogen-bond donors (Lipinski definition) is 3. The Balaban J connectivity index is 2.44. The van der Waals surface area contributed by atoms with E-state index in [4.69, 9.17) is 10.8 Å². The van der Waals surface area contributed by atoms with E-state index in [1.165, 1.54) is 12.3 Å². The van der Waals surface area contributed by atoms with E-state index in [1.807, 2.05) is 0 Å². The molecule has 0 fully saturated rings. The van der Waals surface area contributed by atoms with Gasteiger partial charge in [-0.25, -0.2) is 4.98 Å². The maximum absolute atomic E-state index is 11.6. The number of pyridine rings is 1. The Labute approximate surface area is 98.8 Å². The van der Waals surface area contributed by atoms with Gasteiger partial charge in [0.1, 0.15) is 5.69 Å². The average molecular weight is 237 g/mol. The Morgan fingerprint density at radius 3 is 2.76 bits per heavy atom. The largest absolute Gasteiger partial charge is 0.481 e. The van der Waals surface area contributed by atoms with Gasteiger partial charge in [0.15, 0.2) is 0 Å². The lowest BCUT2D eigenvalue weighted by Crippen LogP contribution is -2.29. The van der Waals surface area contributed by atoms with Crippen molar-refractivity contribution in [3.63, 3.8) is 0 Å². The first-order valence-corrected chi connectivity index (χ1v) is 5.20. The van der Waals surface area contributed by atoms with E-state index in [0.29, 0.717) is 12.2 Å². The third-order valence-electron chi connectivity index (χ3n) is 2.15. The predicted molar refractivity (Wildman–Crippen MR) is 62.4 cm³/mol. The van der Waals surface area contributed by atoms with E-state index in [2.05, 4.69) is 10.3 Å². The molecule has 0 aliphatic heterocycles. The van der Waals surface area contributed by atoms with E-state index in [1.54, 1.807) is 13.0 Å². The van der Waals surface area contributed by atoms with Crippen LogP contribution in [0.25, 0.3) is 0 Å². The van der Waals surface area contributed by atoms with Crippen molar-refractivity contribution >= 4 is 17.6 Å². The highest BCUT2D eigenvalue weighted by molar-refractivity contribution is 5.92. The molecule has 0 aliphatic carbocycles. The second-order valence-electron chi connectivity index (χ2n) is 3.89. The lowest BCUT2D eigenvalue weighted by atomic mass is 10.1. The van der Waals surface area contributed by atoms with Crippen LogP contribution in [0.2, 0.25) is 0 Å². The molecule has 1 heterocycles. The third kappa shape index (κ3) is 4.50. The highest BCUT2D eigenvalue weighted by Gasteiger charge is 2.11. The number of aliphatic carboxylic acids is 1. The zero-order chi connectivity index (χ0) is 12.8. The summed E-state index contributed by atoms with van der Waals surface area (Å²) in [6, 6.07) is 3.11. The molecule has 92 valence electrons. The maximum Gasteiger partial charge on any atom is 0.303 e. The first-order chi connectivity index (χ1) is 7.99. The summed E-state index contributed by atoms with van der Waals surface area (Å²) in [5, 5.41) is 11.2. The first-order valence-electron chi connectivity index (χ1n) is 5.20. The number of rotatable bonds is 5. The molecule has 6 heteroatoms. The fourth-order valence-electron chi connectivity index (χ4n) is 1.27. The van der Waals surface area contributed by atoms with Crippen LogP contribution in [0.4, 0.5) is 5.69 Å². The zero-order valence-electron chi connectivity index (χ0n) is 9.51. The van der Waals surface area contributed by atoms with Crippen LogP contribution in [0.1, 0.15) is 23.8 Å². The number of nitrogen functional groups attached to an aromatic ring is 1. The van der Waals surface area contributed by atoms with E-state index in [9.17, 15) is 9.59 Å². The van der Waals surface area contributed by atoms with Crippen LogP contribution in [-0.4, -0.2) is 28.5 Å². The molecular weight excluding hydrogens is 222 g/mol. The lowest BCUT2D eigenvalue weighted by molar-refractivity contribution is -0.137. The average Bonchev–Trinajstić information content (AvgIpc) is 2.26. The lowest BCUT2D eigenvalue weighted by Gasteiger charge is -2.09. The number of hydrogen-bond acceptors (Lipinski definition) is 4. The molecule has 0 bridgehead atoms. The van der Waals surface area contributed by atoms with Crippen LogP contribution in [0.5, 0.6) is 0 Å². The third-order valence-corrected chi connectivity index (χ3v) is 2.15. The van der Waals surface area contributed by atoms with E-state index < -0.39 is 5.97 Å². The molecule has 17 heavy (non-hydrogen) atoms. The summed E-state index contributed by atoms with van der Waals surface area (Å²) in [6.07, 6.45) is 1.42. The van der Waals surface area contributed by atoms with Gasteiger partial charge in [-0.1, -0.05) is 6.92 Å². The zero-order valence-corrected chi connectivity index (χ0v) is 9.51. The monoisotopic (exact) mass is 237 g/mol. The van der Waals surface area contributed by atoms with Crippen LogP contribution in [-0.2, 0) is 4.79 Å². The number of anilines is 1. The molecule has 0 aliphatic rings. The second-order valence-corrected chi connectivity index (χ2v) is 3.89. The molecule has 1 atom stereocenters. The summed E-state index contributed by atoms with van der Waals surface area (Å²) in [5.74, 6) is -1.33. The molecule has 0 aromatic carbocycles. The van der Waals surface area contributed by atoms with Gasteiger partial charge in [0, 0.05) is 13.0 Å². The molecule has 1 rings (SSSR count). The topological polar surface area (TPSA) is 105 Å². The highest BCUT2D eigenvalue weighted by atomic mass is 16.4. The number of carbonyl (C=O) groups is 2. The summed E-state index contributed by atoms with van der Waals surface area (Å²) in [6.45, 7) is 2.06. The molecule has 0 saturated carbocycles. The van der Waals surface area contributed by atoms with Crippen molar-refractivity contribution in [3.05, 3.63) is 24.0 Å². The van der Waals surface area contributed by atoms with Crippen molar-refractivity contribution in [1.29, 1.82) is 0 Å². The number of nitrogens with two attached hydrogens (primary N) is 1. The number of aromatic nitrogens is 1. The van der Waals surface area contributed by atoms with E-state index in [-0.39, 0.29) is 23.9 Å². The minimum atomic E-state index is -0.877. The van der Waals surface area contributed by atoms with Gasteiger partial charge in [0.25, 0.3) is 5.91 Å². The van der Waals surface area contributed by atoms with Crippen LogP contribution in [0, 0.1) is 5.92 Å². The van der Waals surface area contributed by atoms with Gasteiger partial charge in [-0.15, -0.1) is 0 Å². The smallest absolute Gasteiger partial charge is 0.303 e. The molecule has 0 spiro atoms. The Hall–Kier alpha value is -2.11. The standard InChI is InChI=1S/C11H15N3O3/c1-7(4-10(15)16)5-14-11(17)9-3-2-8(12)6-13-9/h2-3,6-7H,4-5,12H2,1H3,(H,14,17)(H,15,16). The molecule has 0 radical (unpaired) electrons. The minimum absolute atomic E-state index is 0.0233. The number of nitrogens with zero attached hydrogens (tertiary/aromatic N) is 1. The molecule has 1 aromatic rings. The SMILES string of the molecule is CC(CNC(=O)c1ccc(N)cn1)CC(=O)O. The molecule has 1 amide bonds. The maximum atomic E-state index is 11.6. The van der Waals surface area contributed by atoms with Gasteiger partial charge >= 0.3 is 5.97 Å². The quantitative estimate of drug-likeness (QED) is 0.691. The molecule has 1 unspecified atom stereocenters. The highest BCUT2D eigenvalue weighted by Crippen LogP contribution is 2.03. The van der Waals surface area contributed by atoms with Crippen molar-refractivity contribution in [2.24, 2.45) is 5.92 Å². The van der Waals surface area contributed by atoms with E-state index >= 15 is 0 Å². The van der Waals surface area contributed by atoms with Gasteiger partial charge in [-0.3, -0.25) is 9.59 Å². The van der Waals surface area contributed by atoms with Crippen molar-refractivity contribution < 1.29 is 14.7 Å². The summed E-state index contributed by atoms with van der Waals surface area (Å²) < 4.78 is 0. The summed E-state index contributed by atoms with van der Waals surface area (Å²) in [5.41, 5.74) is 6.20. The van der Waals surface area contributed by atoms with Gasteiger partial charge < -0.3 is 16.2 Å². The molecular formula is C11H15N3O3. The van der Waals surface area contributed by atoms with Gasteiger partial charge in [-0.2, -0.15) is 0 Å². The Morgan fingerprint density at radius 1 is 1.53 bits per heavy atom. The summed E-state index contributed by atoms with van der Waals surface area (Å²) in [4.78, 5) is 25.9. The van der Waals surface area contributed by atoms with Crippen LogP contribution < -0.4 is 11.1 Å². The van der Waals surface area contributed by atoms with Crippen molar-refractivity contribution in [1.82, 2.24) is 10.3 Å². The van der Waals surface area contributed by atoms with Crippen molar-refractivity contribution in [2.45, 2.75) is 13.3 Å². The molecule has 1 aromatic heterocycles. The van der Waals surface area contributed by atoms with Gasteiger partial charge in [-0.05, 0) is 18.1 Å². The number of carbonyl (C=O) groups excluding carboxylic acids is 1. The van der Waals surface area contributed by atoms with Crippen LogP contribution >= 0.6 is 0 Å². The predicted octanol–water partition coefficient (Wildman–Crippen LogP) is 0.504. The fourth-order valence-corrected chi connectivity index (χ4v) is 1.27. The normalized spacial score (nSPS) is 11.8. The second kappa shape index (κ2) is 5.83. The Morgan fingerprint density at radius 2 is 2.24 bits per heavy atom. The fraction of sp³-hybridized carbons (Fsp3) is 0.364. The summed E-state index contributed by atoms with van der Waals surface area (Å²) in [7, 11) is 0. The van der Waals surface area contributed by atoms with E-state index in [0.717, 1.165) is 0 Å². The Bertz CT molecular complexity index is 403. The van der Waals surface area contributed by atoms with Crippen LogP contribution in [0.15, 0.2) is 18.3 Å². The van der Waals surface area contributed by atoms with Gasteiger partial charge in [0.2, 0.25) is 0 Å². The molecule has 4 N–H and O–H groups in total. The summed E-state index contributed by atoms with van der Waals surface area (Å²) >= 11 is 0. The Kier molecular flexibility index (Phi) is 4.45. The number of nitrogens with one attached hydrogen (secondary N) is 1. The van der Waals surface area contributed by atoms with Crippen LogP contribution in [0.3, 0.4) is 0 Å². The van der Waals surface area contributed by atoms with Gasteiger partial charge in [0.05, 0.1) is 11.9 Å². The number of carboxylic acids is 1. The minimum Gasteiger partial charge on any atom is -0.481 e. The molecule has 6 nitrogen and oxygen atoms in total. The number of carboxylic acid groups (broad SMARTS) is 1. The number of amides is 1. The van der Waals surface area contributed by atoms with Crippen molar-refractivity contribution in [3.8, 4) is 0 Å². The van der Waals surface area contributed by atoms with Crippen molar-refractivity contribution in [2.75, 3.05) is 12.3 Å². The first kappa shape index (κ1) is 13.0.